The molecule has 116 valence electrons. The van der Waals surface area contributed by atoms with E-state index in [1.165, 1.54) is 0 Å². The summed E-state index contributed by atoms with van der Waals surface area (Å²) in [6, 6.07) is 9.77. The Kier molecular flexibility index (Phi) is 3.89. The molecule has 22 heavy (non-hydrogen) atoms. The number of benzene rings is 1. The Morgan fingerprint density at radius 2 is 1.91 bits per heavy atom. The molecule has 0 spiro atoms. The SMILES string of the molecule is O=C(NCCn1cccc1)N[C@H]1CS(=O)(=O)c2ccccc21. The van der Waals surface area contributed by atoms with Gasteiger partial charge in [-0.25, -0.2) is 13.2 Å². The zero-order valence-corrected chi connectivity index (χ0v) is 12.7. The van der Waals surface area contributed by atoms with Crippen LogP contribution in [0.3, 0.4) is 0 Å². The molecule has 2 heterocycles. The standard InChI is InChI=1S/C15H17N3O3S/c19-15(16-7-10-18-8-3-4-9-18)17-13-11-22(20,21)14-6-2-1-5-12(13)14/h1-6,8-9,13H,7,10-11H2,(H2,16,17,19)/t13-/m0/s1. The first-order chi connectivity index (χ1) is 10.6. The molecule has 1 aromatic carbocycles. The number of rotatable bonds is 4. The Hall–Kier alpha value is -2.28. The first-order valence-electron chi connectivity index (χ1n) is 7.03. The van der Waals surface area contributed by atoms with Gasteiger partial charge in [-0.05, 0) is 23.8 Å². The molecule has 0 fully saturated rings. The molecule has 2 amide bonds. The van der Waals surface area contributed by atoms with Crippen LogP contribution in [-0.2, 0) is 16.4 Å². The maximum absolute atomic E-state index is 12.0. The van der Waals surface area contributed by atoms with Gasteiger partial charge < -0.3 is 15.2 Å². The van der Waals surface area contributed by atoms with Crippen LogP contribution in [0.1, 0.15) is 11.6 Å². The summed E-state index contributed by atoms with van der Waals surface area (Å²) in [5.41, 5.74) is 0.656. The summed E-state index contributed by atoms with van der Waals surface area (Å²) in [4.78, 5) is 12.2. The van der Waals surface area contributed by atoms with Gasteiger partial charge in [-0.2, -0.15) is 0 Å². The monoisotopic (exact) mass is 319 g/mol. The summed E-state index contributed by atoms with van der Waals surface area (Å²) in [7, 11) is -3.30. The van der Waals surface area contributed by atoms with Gasteiger partial charge >= 0.3 is 6.03 Å². The number of aromatic nitrogens is 1. The lowest BCUT2D eigenvalue weighted by Crippen LogP contribution is -2.39. The van der Waals surface area contributed by atoms with E-state index in [1.54, 1.807) is 24.3 Å². The second kappa shape index (κ2) is 5.84. The average molecular weight is 319 g/mol. The minimum absolute atomic E-state index is 0.0859. The second-order valence-corrected chi connectivity index (χ2v) is 7.20. The lowest BCUT2D eigenvalue weighted by Gasteiger charge is -2.13. The third-order valence-electron chi connectivity index (χ3n) is 3.64. The molecule has 1 aliphatic rings. The Morgan fingerprint density at radius 3 is 2.68 bits per heavy atom. The van der Waals surface area contributed by atoms with Crippen LogP contribution in [0.4, 0.5) is 4.79 Å². The van der Waals surface area contributed by atoms with Gasteiger partial charge in [0.05, 0.1) is 16.7 Å². The minimum atomic E-state index is -3.30. The highest BCUT2D eigenvalue weighted by molar-refractivity contribution is 7.91. The predicted molar refractivity (Wildman–Crippen MR) is 82.2 cm³/mol. The first-order valence-corrected chi connectivity index (χ1v) is 8.68. The predicted octanol–water partition coefficient (Wildman–Crippen LogP) is 1.32. The van der Waals surface area contributed by atoms with Crippen LogP contribution in [0.5, 0.6) is 0 Å². The largest absolute Gasteiger partial charge is 0.353 e. The Balaban J connectivity index is 1.58. The zero-order chi connectivity index (χ0) is 15.6. The molecular formula is C15H17N3O3S. The van der Waals surface area contributed by atoms with E-state index in [4.69, 9.17) is 0 Å². The molecule has 0 aliphatic carbocycles. The van der Waals surface area contributed by atoms with Crippen LogP contribution in [0.25, 0.3) is 0 Å². The number of carbonyl (C=O) groups is 1. The third-order valence-corrected chi connectivity index (χ3v) is 5.46. The lowest BCUT2D eigenvalue weighted by atomic mass is 10.1. The van der Waals surface area contributed by atoms with E-state index < -0.39 is 15.9 Å². The normalized spacial score (nSPS) is 18.6. The number of carbonyl (C=O) groups excluding carboxylic acids is 1. The molecule has 0 radical (unpaired) electrons. The highest BCUT2D eigenvalue weighted by atomic mass is 32.2. The highest BCUT2D eigenvalue weighted by Crippen LogP contribution is 2.32. The summed E-state index contributed by atoms with van der Waals surface area (Å²) in [6.45, 7) is 1.14. The van der Waals surface area contributed by atoms with E-state index in [1.807, 2.05) is 29.1 Å². The molecule has 0 unspecified atom stereocenters. The number of fused-ring (bicyclic) bond motifs is 1. The maximum atomic E-state index is 12.0. The van der Waals surface area contributed by atoms with E-state index in [9.17, 15) is 13.2 Å². The van der Waals surface area contributed by atoms with Crippen LogP contribution in [0.2, 0.25) is 0 Å². The van der Waals surface area contributed by atoms with E-state index in [0.717, 1.165) is 0 Å². The fourth-order valence-corrected chi connectivity index (χ4v) is 4.33. The summed E-state index contributed by atoms with van der Waals surface area (Å²) in [5, 5.41) is 5.47. The summed E-state index contributed by atoms with van der Waals surface area (Å²) >= 11 is 0. The minimum Gasteiger partial charge on any atom is -0.353 e. The fourth-order valence-electron chi connectivity index (χ4n) is 2.60. The van der Waals surface area contributed by atoms with Gasteiger partial charge in [0.25, 0.3) is 0 Å². The summed E-state index contributed by atoms with van der Waals surface area (Å²) in [6.07, 6.45) is 3.83. The van der Waals surface area contributed by atoms with Crippen molar-refractivity contribution in [2.45, 2.75) is 17.5 Å². The highest BCUT2D eigenvalue weighted by Gasteiger charge is 2.35. The van der Waals surface area contributed by atoms with Gasteiger partial charge in [0.15, 0.2) is 9.84 Å². The van der Waals surface area contributed by atoms with Crippen molar-refractivity contribution in [1.82, 2.24) is 15.2 Å². The van der Waals surface area contributed by atoms with Crippen molar-refractivity contribution < 1.29 is 13.2 Å². The molecule has 1 aliphatic heterocycles. The molecule has 0 saturated carbocycles. The van der Waals surface area contributed by atoms with Crippen LogP contribution in [0.15, 0.2) is 53.7 Å². The topological polar surface area (TPSA) is 80.2 Å². The quantitative estimate of drug-likeness (QED) is 0.892. The number of urea groups is 1. The Bertz CT molecular complexity index is 769. The van der Waals surface area contributed by atoms with Crippen molar-refractivity contribution >= 4 is 15.9 Å². The number of hydrogen-bond acceptors (Lipinski definition) is 3. The van der Waals surface area contributed by atoms with Crippen molar-refractivity contribution in [3.63, 3.8) is 0 Å². The molecule has 3 rings (SSSR count). The molecule has 7 heteroatoms. The maximum Gasteiger partial charge on any atom is 0.315 e. The molecule has 0 bridgehead atoms. The molecular weight excluding hydrogens is 302 g/mol. The van der Waals surface area contributed by atoms with Gasteiger partial charge in [0, 0.05) is 25.5 Å². The molecule has 2 aromatic rings. The Labute approximate surface area is 129 Å². The summed E-state index contributed by atoms with van der Waals surface area (Å²) in [5.74, 6) is -0.0859. The average Bonchev–Trinajstić information content (AvgIpc) is 3.07. The third kappa shape index (κ3) is 2.99. The van der Waals surface area contributed by atoms with Crippen molar-refractivity contribution in [3.8, 4) is 0 Å². The van der Waals surface area contributed by atoms with E-state index in [2.05, 4.69) is 10.6 Å². The van der Waals surface area contributed by atoms with E-state index in [-0.39, 0.29) is 11.8 Å². The van der Waals surface area contributed by atoms with Gasteiger partial charge in [0.2, 0.25) is 0 Å². The smallest absolute Gasteiger partial charge is 0.315 e. The van der Waals surface area contributed by atoms with Gasteiger partial charge in [-0.3, -0.25) is 0 Å². The zero-order valence-electron chi connectivity index (χ0n) is 11.9. The summed E-state index contributed by atoms with van der Waals surface area (Å²) < 4.78 is 26.0. The fraction of sp³-hybridized carbons (Fsp3) is 0.267. The molecule has 6 nitrogen and oxygen atoms in total. The van der Waals surface area contributed by atoms with Crippen LogP contribution < -0.4 is 10.6 Å². The van der Waals surface area contributed by atoms with Gasteiger partial charge in [-0.1, -0.05) is 18.2 Å². The Morgan fingerprint density at radius 1 is 1.18 bits per heavy atom. The van der Waals surface area contributed by atoms with Crippen molar-refractivity contribution in [2.75, 3.05) is 12.3 Å². The molecule has 2 N–H and O–H groups in total. The van der Waals surface area contributed by atoms with Crippen LogP contribution in [-0.4, -0.2) is 31.3 Å². The molecule has 1 atom stereocenters. The number of nitrogens with zero attached hydrogens (tertiary/aromatic N) is 1. The van der Waals surface area contributed by atoms with Gasteiger partial charge in [-0.15, -0.1) is 0 Å². The molecule has 0 saturated heterocycles. The number of sulfone groups is 1. The van der Waals surface area contributed by atoms with Crippen molar-refractivity contribution in [1.29, 1.82) is 0 Å². The van der Waals surface area contributed by atoms with Gasteiger partial charge in [0.1, 0.15) is 0 Å². The second-order valence-electron chi connectivity index (χ2n) is 5.19. The number of amides is 2. The van der Waals surface area contributed by atoms with Crippen LogP contribution >= 0.6 is 0 Å². The van der Waals surface area contributed by atoms with Crippen molar-refractivity contribution in [3.05, 3.63) is 54.4 Å². The van der Waals surface area contributed by atoms with E-state index in [0.29, 0.717) is 23.5 Å². The number of nitrogens with one attached hydrogen (secondary N) is 2. The first kappa shape index (κ1) is 14.6. The van der Waals surface area contributed by atoms with Crippen molar-refractivity contribution in [2.24, 2.45) is 0 Å². The lowest BCUT2D eigenvalue weighted by molar-refractivity contribution is 0.237. The van der Waals surface area contributed by atoms with Crippen LogP contribution in [0, 0.1) is 0 Å². The number of hydrogen-bond donors (Lipinski definition) is 2. The van der Waals surface area contributed by atoms with E-state index >= 15 is 0 Å². The molecule has 1 aromatic heterocycles.